The number of rotatable bonds is 3. The molecule has 11 heteroatoms. The smallest absolute Gasteiger partial charge is 0.313 e. The molecule has 43 heavy (non-hydrogen) atoms. The maximum absolute atomic E-state index is 14.6. The monoisotopic (exact) mass is 657 g/mol. The first-order chi connectivity index (χ1) is 20.3. The van der Waals surface area contributed by atoms with Gasteiger partial charge < -0.3 is 29.7 Å². The lowest BCUT2D eigenvalue weighted by Gasteiger charge is -2.42. The van der Waals surface area contributed by atoms with E-state index in [1.807, 2.05) is 63.3 Å². The van der Waals surface area contributed by atoms with Gasteiger partial charge in [-0.1, -0.05) is 58.4 Å². The van der Waals surface area contributed by atoms with Crippen LogP contribution in [0.25, 0.3) is 0 Å². The minimum absolute atomic E-state index is 0.196. The number of likely N-dealkylation sites (tertiary alicyclic amines) is 1. The number of halogens is 1. The van der Waals surface area contributed by atoms with Crippen molar-refractivity contribution in [3.63, 3.8) is 0 Å². The summed E-state index contributed by atoms with van der Waals surface area (Å²) in [5, 5.41) is 13.2. The van der Waals surface area contributed by atoms with Gasteiger partial charge in [0.05, 0.1) is 24.6 Å². The van der Waals surface area contributed by atoms with Crippen LogP contribution in [-0.2, 0) is 28.7 Å². The lowest BCUT2D eigenvalue weighted by atomic mass is 9.74. The van der Waals surface area contributed by atoms with Crippen molar-refractivity contribution in [3.05, 3.63) is 58.6 Å². The molecule has 1 aromatic rings. The fraction of sp³-hybridized carbons (Fsp3) is 0.562. The number of benzene rings is 1. The lowest BCUT2D eigenvalue weighted by molar-refractivity contribution is -0.162. The molecule has 4 heterocycles. The number of esters is 1. The summed E-state index contributed by atoms with van der Waals surface area (Å²) in [7, 11) is 0. The molecule has 1 spiro atoms. The van der Waals surface area contributed by atoms with Crippen molar-refractivity contribution >= 4 is 39.6 Å². The number of amides is 3. The second kappa shape index (κ2) is 11.8. The summed E-state index contributed by atoms with van der Waals surface area (Å²) in [6.45, 7) is 9.05. The minimum atomic E-state index is -1.44. The Hall–Kier alpha value is -3.02. The van der Waals surface area contributed by atoms with Gasteiger partial charge in [-0.05, 0) is 52.7 Å². The highest BCUT2D eigenvalue weighted by molar-refractivity contribution is 9.11. The number of aliphatic hydroxyl groups excluding tert-OH is 1. The normalized spacial score (nSPS) is 34.9. The minimum Gasteiger partial charge on any atom is -0.455 e. The molecular formula is C32H40BrN3O7. The van der Waals surface area contributed by atoms with Gasteiger partial charge in [-0.25, -0.2) is 0 Å². The Morgan fingerprint density at radius 1 is 1.09 bits per heavy atom. The Kier molecular flexibility index (Phi) is 8.63. The highest BCUT2D eigenvalue weighted by Crippen LogP contribution is 2.59. The summed E-state index contributed by atoms with van der Waals surface area (Å²) >= 11 is 3.56. The largest absolute Gasteiger partial charge is 0.455 e. The molecule has 10 nitrogen and oxygen atoms in total. The van der Waals surface area contributed by atoms with E-state index in [-0.39, 0.29) is 31.4 Å². The molecule has 0 saturated carbocycles. The van der Waals surface area contributed by atoms with Crippen molar-refractivity contribution in [2.45, 2.75) is 88.9 Å². The molecule has 0 aromatic heterocycles. The molecule has 5 bridgehead atoms. The fourth-order valence-corrected chi connectivity index (χ4v) is 7.57. The average molecular weight is 659 g/mol. The number of ether oxygens (including phenoxy) is 2. The number of hydrogen-bond donors (Lipinski definition) is 2. The Labute approximate surface area is 260 Å². The predicted octanol–water partition coefficient (Wildman–Crippen LogP) is 3.01. The zero-order valence-corrected chi connectivity index (χ0v) is 26.7. The zero-order valence-electron chi connectivity index (χ0n) is 25.2. The van der Waals surface area contributed by atoms with E-state index in [0.29, 0.717) is 16.5 Å². The van der Waals surface area contributed by atoms with Gasteiger partial charge in [-0.2, -0.15) is 0 Å². The van der Waals surface area contributed by atoms with Crippen LogP contribution in [0.15, 0.2) is 53.0 Å². The van der Waals surface area contributed by atoms with Crippen LogP contribution in [0.5, 0.6) is 0 Å². The number of fused-ring (bicyclic) bond motifs is 2. The zero-order chi connectivity index (χ0) is 31.3. The third kappa shape index (κ3) is 5.44. The van der Waals surface area contributed by atoms with E-state index in [2.05, 4.69) is 21.2 Å². The molecule has 2 saturated heterocycles. The summed E-state index contributed by atoms with van der Waals surface area (Å²) in [5.74, 6) is -3.73. The second-order valence-corrected chi connectivity index (χ2v) is 13.8. The molecule has 2 fully saturated rings. The van der Waals surface area contributed by atoms with Crippen LogP contribution in [0.4, 0.5) is 0 Å². The van der Waals surface area contributed by atoms with E-state index in [1.165, 1.54) is 4.90 Å². The molecule has 2 N–H and O–H groups in total. The third-order valence-corrected chi connectivity index (χ3v) is 9.57. The van der Waals surface area contributed by atoms with E-state index in [1.54, 1.807) is 24.8 Å². The lowest BCUT2D eigenvalue weighted by Crippen LogP contribution is -2.61. The van der Waals surface area contributed by atoms with E-state index >= 15 is 0 Å². The number of aliphatic hydroxyl groups is 1. The fourth-order valence-electron chi connectivity index (χ4n) is 6.83. The van der Waals surface area contributed by atoms with Crippen molar-refractivity contribution < 1.29 is 33.8 Å². The van der Waals surface area contributed by atoms with Crippen molar-refractivity contribution in [3.8, 4) is 0 Å². The van der Waals surface area contributed by atoms with Crippen LogP contribution in [0.3, 0.4) is 0 Å². The average Bonchev–Trinajstić information content (AvgIpc) is 3.55. The highest BCUT2D eigenvalue weighted by atomic mass is 79.9. The van der Waals surface area contributed by atoms with E-state index in [4.69, 9.17) is 9.47 Å². The standard InChI is InChI=1S/C32H40BrN3O7/c1-18(17-37)36-27-29(40)35(31(3,4)5)15-11-7-10-14-22(38)34-19(2)25(20-12-8-6-9-13-20)42-30(41)23-24(28(36)39)32(27)16-21(33)26(23)43-32/h6-9,11-13,16,18-19,23-27,37H,10,14-15,17H2,1-5H3,(H,34,38)/b11-7-/t18-,19+,23-,24+,25-,26-,27-,32+/m1/s1. The Bertz CT molecular complexity index is 1340. The summed E-state index contributed by atoms with van der Waals surface area (Å²) in [4.78, 5) is 59.0. The molecule has 232 valence electrons. The molecule has 8 atom stereocenters. The number of carbonyl (C=O) groups is 4. The van der Waals surface area contributed by atoms with Crippen LogP contribution >= 0.6 is 15.9 Å². The molecule has 4 aliphatic heterocycles. The molecular weight excluding hydrogens is 618 g/mol. The van der Waals surface area contributed by atoms with Crippen molar-refractivity contribution in [1.29, 1.82) is 0 Å². The first-order valence-electron chi connectivity index (χ1n) is 14.8. The van der Waals surface area contributed by atoms with Crippen LogP contribution in [-0.4, -0.2) is 87.1 Å². The third-order valence-electron chi connectivity index (χ3n) is 8.89. The van der Waals surface area contributed by atoms with Gasteiger partial charge in [0.1, 0.15) is 29.8 Å². The van der Waals surface area contributed by atoms with E-state index < -0.39 is 65.2 Å². The molecule has 1 aromatic carbocycles. The number of allylic oxidation sites excluding steroid dienone is 1. The van der Waals surface area contributed by atoms with Crippen LogP contribution in [0.1, 0.15) is 59.1 Å². The Morgan fingerprint density at radius 3 is 2.44 bits per heavy atom. The second-order valence-electron chi connectivity index (χ2n) is 12.9. The molecule has 4 aliphatic rings. The van der Waals surface area contributed by atoms with Crippen molar-refractivity contribution in [2.75, 3.05) is 13.2 Å². The van der Waals surface area contributed by atoms with Gasteiger partial charge in [0.15, 0.2) is 0 Å². The quantitative estimate of drug-likeness (QED) is 0.378. The molecule has 0 radical (unpaired) electrons. The number of carbonyl (C=O) groups excluding carboxylic acids is 4. The number of cyclic esters (lactones) is 1. The van der Waals surface area contributed by atoms with Crippen molar-refractivity contribution in [1.82, 2.24) is 15.1 Å². The first-order valence-corrected chi connectivity index (χ1v) is 15.6. The number of hydrogen-bond acceptors (Lipinski definition) is 7. The predicted molar refractivity (Wildman–Crippen MR) is 161 cm³/mol. The molecule has 5 rings (SSSR count). The van der Waals surface area contributed by atoms with Crippen LogP contribution in [0, 0.1) is 11.8 Å². The Balaban J connectivity index is 1.64. The topological polar surface area (TPSA) is 125 Å². The summed E-state index contributed by atoms with van der Waals surface area (Å²) in [5.41, 5.74) is -1.38. The van der Waals surface area contributed by atoms with Gasteiger partial charge in [-0.15, -0.1) is 0 Å². The van der Waals surface area contributed by atoms with Crippen molar-refractivity contribution in [2.24, 2.45) is 11.8 Å². The van der Waals surface area contributed by atoms with Gasteiger partial charge in [0.25, 0.3) is 0 Å². The maximum atomic E-state index is 14.6. The summed E-state index contributed by atoms with van der Waals surface area (Å²) in [6.07, 6.45) is 4.47. The summed E-state index contributed by atoms with van der Waals surface area (Å²) < 4.78 is 13.3. The van der Waals surface area contributed by atoms with Crippen LogP contribution < -0.4 is 5.32 Å². The molecule has 0 unspecified atom stereocenters. The van der Waals surface area contributed by atoms with Crippen LogP contribution in [0.2, 0.25) is 0 Å². The van der Waals surface area contributed by atoms with Gasteiger partial charge >= 0.3 is 5.97 Å². The van der Waals surface area contributed by atoms with Gasteiger partial charge in [0, 0.05) is 23.0 Å². The van der Waals surface area contributed by atoms with Gasteiger partial charge in [-0.3, -0.25) is 19.2 Å². The highest BCUT2D eigenvalue weighted by Gasteiger charge is 2.75. The Morgan fingerprint density at radius 2 is 1.79 bits per heavy atom. The number of nitrogens with zero attached hydrogens (tertiary/aromatic N) is 2. The molecule has 0 aliphatic carbocycles. The van der Waals surface area contributed by atoms with Gasteiger partial charge in [0.2, 0.25) is 17.7 Å². The first kappa shape index (κ1) is 31.4. The SMILES string of the molecule is C[C@@H]1NC(=O)CC/C=C\CN(C(C)(C)C)C(=O)[C@H]2N([C@H](C)CO)C(=O)[C@@H]3[C@@H](C(=O)O[C@H]1c1ccccc1)[C@@H]1O[C@@]32C=C1Br. The van der Waals surface area contributed by atoms with E-state index in [9.17, 15) is 24.3 Å². The maximum Gasteiger partial charge on any atom is 0.313 e. The summed E-state index contributed by atoms with van der Waals surface area (Å²) in [6, 6.07) is 6.75. The van der Waals surface area contributed by atoms with E-state index in [0.717, 1.165) is 0 Å². The number of nitrogens with one attached hydrogen (secondary N) is 1. The molecule has 3 amide bonds.